The molecule has 3 heteroatoms. The van der Waals surface area contributed by atoms with Gasteiger partial charge in [-0.2, -0.15) is 0 Å². The molecule has 0 aromatic carbocycles. The van der Waals surface area contributed by atoms with Crippen LogP contribution in [0.5, 0.6) is 0 Å². The summed E-state index contributed by atoms with van der Waals surface area (Å²) in [6.45, 7) is 5.77. The van der Waals surface area contributed by atoms with Crippen molar-refractivity contribution in [3.63, 3.8) is 0 Å². The van der Waals surface area contributed by atoms with Crippen molar-refractivity contribution >= 4 is 0 Å². The molecule has 2 atom stereocenters. The lowest BCUT2D eigenvalue weighted by atomic mass is 10.1. The van der Waals surface area contributed by atoms with Crippen molar-refractivity contribution in [1.82, 2.24) is 10.2 Å². The van der Waals surface area contributed by atoms with Gasteiger partial charge in [-0.3, -0.25) is 4.90 Å². The first kappa shape index (κ1) is 12.9. The Labute approximate surface area is 94.2 Å². The second-order valence-electron chi connectivity index (χ2n) is 4.53. The van der Waals surface area contributed by atoms with Gasteiger partial charge in [-0.05, 0) is 32.9 Å². The lowest BCUT2D eigenvalue weighted by molar-refractivity contribution is 0.0281. The molecular formula is C12H26N2O. The smallest absolute Gasteiger partial charge is 0.0698 e. The van der Waals surface area contributed by atoms with E-state index in [1.165, 1.54) is 38.8 Å². The molecule has 0 aromatic rings. The van der Waals surface area contributed by atoms with E-state index in [9.17, 15) is 0 Å². The summed E-state index contributed by atoms with van der Waals surface area (Å²) in [7, 11) is 3.90. The van der Waals surface area contributed by atoms with E-state index in [4.69, 9.17) is 4.74 Å². The number of nitrogens with zero attached hydrogens (tertiary/aromatic N) is 1. The SMILES string of the molecule is CCCC(CN1CCCC(OC)C1)NC. The average Bonchev–Trinajstić information content (AvgIpc) is 2.29. The van der Waals surface area contributed by atoms with Gasteiger partial charge < -0.3 is 10.1 Å². The van der Waals surface area contributed by atoms with E-state index in [0.29, 0.717) is 12.1 Å². The van der Waals surface area contributed by atoms with Crippen LogP contribution in [-0.2, 0) is 4.74 Å². The molecule has 0 spiro atoms. The molecule has 2 unspecified atom stereocenters. The predicted molar refractivity (Wildman–Crippen MR) is 64.2 cm³/mol. The third-order valence-electron chi connectivity index (χ3n) is 3.32. The van der Waals surface area contributed by atoms with Gasteiger partial charge in [-0.15, -0.1) is 0 Å². The molecule has 0 aliphatic carbocycles. The first-order chi connectivity index (χ1) is 7.30. The van der Waals surface area contributed by atoms with Crippen LogP contribution >= 0.6 is 0 Å². The Kier molecular flexibility index (Phi) is 6.22. The fourth-order valence-electron chi connectivity index (χ4n) is 2.36. The third kappa shape index (κ3) is 4.49. The van der Waals surface area contributed by atoms with E-state index < -0.39 is 0 Å². The van der Waals surface area contributed by atoms with Crippen LogP contribution in [0.25, 0.3) is 0 Å². The maximum atomic E-state index is 5.43. The van der Waals surface area contributed by atoms with E-state index >= 15 is 0 Å². The van der Waals surface area contributed by atoms with Crippen molar-refractivity contribution in [2.24, 2.45) is 0 Å². The summed E-state index contributed by atoms with van der Waals surface area (Å²) >= 11 is 0. The van der Waals surface area contributed by atoms with Gasteiger partial charge in [0.2, 0.25) is 0 Å². The number of rotatable bonds is 6. The number of likely N-dealkylation sites (N-methyl/N-ethyl adjacent to an activating group) is 1. The summed E-state index contributed by atoms with van der Waals surface area (Å²) < 4.78 is 5.43. The molecule has 1 N–H and O–H groups in total. The van der Waals surface area contributed by atoms with E-state index in [0.717, 1.165) is 6.54 Å². The van der Waals surface area contributed by atoms with Crippen molar-refractivity contribution in [3.8, 4) is 0 Å². The van der Waals surface area contributed by atoms with Crippen molar-refractivity contribution in [1.29, 1.82) is 0 Å². The number of likely N-dealkylation sites (tertiary alicyclic amines) is 1. The maximum absolute atomic E-state index is 5.43. The number of piperidine rings is 1. The lowest BCUT2D eigenvalue weighted by Gasteiger charge is -2.34. The molecule has 15 heavy (non-hydrogen) atoms. The molecule has 1 rings (SSSR count). The summed E-state index contributed by atoms with van der Waals surface area (Å²) in [4.78, 5) is 2.54. The molecule has 1 saturated heterocycles. The fourth-order valence-corrected chi connectivity index (χ4v) is 2.36. The van der Waals surface area contributed by atoms with Crippen LogP contribution in [0.2, 0.25) is 0 Å². The Hall–Kier alpha value is -0.120. The minimum Gasteiger partial charge on any atom is -0.380 e. The first-order valence-corrected chi connectivity index (χ1v) is 6.22. The second-order valence-corrected chi connectivity index (χ2v) is 4.53. The highest BCUT2D eigenvalue weighted by Crippen LogP contribution is 2.13. The summed E-state index contributed by atoms with van der Waals surface area (Å²) in [5, 5.41) is 3.40. The van der Waals surface area contributed by atoms with Gasteiger partial charge in [0.1, 0.15) is 0 Å². The van der Waals surface area contributed by atoms with Crippen LogP contribution in [0.15, 0.2) is 0 Å². The molecule has 0 radical (unpaired) electrons. The van der Waals surface area contributed by atoms with E-state index in [1.807, 2.05) is 7.11 Å². The quantitative estimate of drug-likeness (QED) is 0.725. The van der Waals surface area contributed by atoms with Gasteiger partial charge in [0.15, 0.2) is 0 Å². The van der Waals surface area contributed by atoms with Gasteiger partial charge in [-0.1, -0.05) is 13.3 Å². The number of ether oxygens (including phenoxy) is 1. The first-order valence-electron chi connectivity index (χ1n) is 6.22. The second kappa shape index (κ2) is 7.20. The van der Waals surface area contributed by atoms with Crippen LogP contribution in [0.4, 0.5) is 0 Å². The molecule has 0 bridgehead atoms. The van der Waals surface area contributed by atoms with Gasteiger partial charge in [0.25, 0.3) is 0 Å². The highest BCUT2D eigenvalue weighted by Gasteiger charge is 2.21. The Morgan fingerprint density at radius 1 is 1.53 bits per heavy atom. The van der Waals surface area contributed by atoms with Crippen LogP contribution in [0.1, 0.15) is 32.6 Å². The molecule has 1 aliphatic heterocycles. The lowest BCUT2D eigenvalue weighted by Crippen LogP contribution is -2.46. The average molecular weight is 214 g/mol. The van der Waals surface area contributed by atoms with Crippen molar-refractivity contribution < 1.29 is 4.74 Å². The third-order valence-corrected chi connectivity index (χ3v) is 3.32. The molecule has 0 amide bonds. The number of hydrogen-bond donors (Lipinski definition) is 1. The highest BCUT2D eigenvalue weighted by molar-refractivity contribution is 4.77. The number of nitrogens with one attached hydrogen (secondary N) is 1. The zero-order chi connectivity index (χ0) is 11.1. The van der Waals surface area contributed by atoms with Crippen LogP contribution in [0.3, 0.4) is 0 Å². The maximum Gasteiger partial charge on any atom is 0.0698 e. The molecule has 1 fully saturated rings. The Balaban J connectivity index is 2.29. The fraction of sp³-hybridized carbons (Fsp3) is 1.00. The van der Waals surface area contributed by atoms with Crippen molar-refractivity contribution in [2.75, 3.05) is 33.8 Å². The molecule has 90 valence electrons. The monoisotopic (exact) mass is 214 g/mol. The zero-order valence-corrected chi connectivity index (χ0v) is 10.5. The van der Waals surface area contributed by atoms with E-state index in [1.54, 1.807) is 0 Å². The van der Waals surface area contributed by atoms with Gasteiger partial charge in [-0.25, -0.2) is 0 Å². The molecule has 0 aromatic heterocycles. The van der Waals surface area contributed by atoms with Gasteiger partial charge >= 0.3 is 0 Å². The standard InChI is InChI=1S/C12H26N2O/c1-4-6-11(13-2)9-14-8-5-7-12(10-14)15-3/h11-13H,4-10H2,1-3H3. The molecule has 3 nitrogen and oxygen atoms in total. The molecular weight excluding hydrogens is 188 g/mol. The number of methoxy groups -OCH3 is 1. The van der Waals surface area contributed by atoms with E-state index in [-0.39, 0.29) is 0 Å². The summed E-state index contributed by atoms with van der Waals surface area (Å²) in [5.74, 6) is 0. The minimum atomic E-state index is 0.456. The molecule has 0 saturated carbocycles. The molecule has 1 heterocycles. The van der Waals surface area contributed by atoms with E-state index in [2.05, 4.69) is 24.2 Å². The topological polar surface area (TPSA) is 24.5 Å². The van der Waals surface area contributed by atoms with Crippen LogP contribution < -0.4 is 5.32 Å². The van der Waals surface area contributed by atoms with Crippen molar-refractivity contribution in [2.45, 2.75) is 44.8 Å². The van der Waals surface area contributed by atoms with Crippen LogP contribution in [0, 0.1) is 0 Å². The zero-order valence-electron chi connectivity index (χ0n) is 10.5. The largest absolute Gasteiger partial charge is 0.380 e. The minimum absolute atomic E-state index is 0.456. The van der Waals surface area contributed by atoms with Crippen molar-refractivity contribution in [3.05, 3.63) is 0 Å². The number of hydrogen-bond acceptors (Lipinski definition) is 3. The Morgan fingerprint density at radius 3 is 2.93 bits per heavy atom. The molecule has 1 aliphatic rings. The normalized spacial score (nSPS) is 25.4. The van der Waals surface area contributed by atoms with Gasteiger partial charge in [0, 0.05) is 26.2 Å². The predicted octanol–water partition coefficient (Wildman–Crippen LogP) is 1.49. The summed E-state index contributed by atoms with van der Waals surface area (Å²) in [6.07, 6.45) is 5.49. The van der Waals surface area contributed by atoms with Crippen LogP contribution in [-0.4, -0.2) is 50.8 Å². The Bertz CT molecular complexity index is 164. The highest BCUT2D eigenvalue weighted by atomic mass is 16.5. The summed E-state index contributed by atoms with van der Waals surface area (Å²) in [5.41, 5.74) is 0. The summed E-state index contributed by atoms with van der Waals surface area (Å²) in [6, 6.07) is 0.644. The van der Waals surface area contributed by atoms with Gasteiger partial charge in [0.05, 0.1) is 6.10 Å². The Morgan fingerprint density at radius 2 is 2.33 bits per heavy atom.